The number of hydrogen-bond donors (Lipinski definition) is 1. The van der Waals surface area contributed by atoms with Crippen molar-refractivity contribution in [2.75, 3.05) is 13.6 Å². The van der Waals surface area contributed by atoms with Gasteiger partial charge in [-0.1, -0.05) is 23.7 Å². The van der Waals surface area contributed by atoms with E-state index < -0.39 is 0 Å². The molecule has 0 fully saturated rings. The highest BCUT2D eigenvalue weighted by molar-refractivity contribution is 6.30. The maximum atomic E-state index is 6.02. The Morgan fingerprint density at radius 2 is 2.06 bits per heavy atom. The molecule has 0 heterocycles. The zero-order valence-corrected chi connectivity index (χ0v) is 12.7. The van der Waals surface area contributed by atoms with Crippen molar-refractivity contribution in [3.63, 3.8) is 0 Å². The third-order valence-electron chi connectivity index (χ3n) is 3.32. The first-order valence-electron chi connectivity index (χ1n) is 6.54. The molecular formula is C15H25ClN2. The van der Waals surface area contributed by atoms with Crippen molar-refractivity contribution in [1.82, 2.24) is 4.90 Å². The van der Waals surface area contributed by atoms with Gasteiger partial charge in [0, 0.05) is 16.6 Å². The molecule has 2 N–H and O–H groups in total. The van der Waals surface area contributed by atoms with E-state index in [9.17, 15) is 0 Å². The van der Waals surface area contributed by atoms with Crippen molar-refractivity contribution >= 4 is 11.6 Å². The average Bonchev–Trinajstić information content (AvgIpc) is 2.26. The van der Waals surface area contributed by atoms with Crippen molar-refractivity contribution in [3.8, 4) is 0 Å². The summed E-state index contributed by atoms with van der Waals surface area (Å²) in [4.78, 5) is 2.34. The minimum Gasteiger partial charge on any atom is -0.326 e. The lowest BCUT2D eigenvalue weighted by Crippen LogP contribution is -2.33. The third-order valence-corrected chi connectivity index (χ3v) is 3.56. The zero-order chi connectivity index (χ0) is 13.8. The van der Waals surface area contributed by atoms with Gasteiger partial charge in [-0.25, -0.2) is 0 Å². The smallest absolute Gasteiger partial charge is 0.0409 e. The molecular weight excluding hydrogens is 244 g/mol. The van der Waals surface area contributed by atoms with Gasteiger partial charge in [-0.3, -0.25) is 4.90 Å². The van der Waals surface area contributed by atoms with E-state index in [0.29, 0.717) is 6.04 Å². The van der Waals surface area contributed by atoms with E-state index in [-0.39, 0.29) is 5.54 Å². The SMILES string of the molecule is CC(c1cccc(Cl)c1)N(C)CCCC(C)(C)N. The van der Waals surface area contributed by atoms with Crippen molar-refractivity contribution < 1.29 is 0 Å². The molecule has 0 aliphatic heterocycles. The lowest BCUT2D eigenvalue weighted by molar-refractivity contribution is 0.248. The second-order valence-electron chi connectivity index (χ2n) is 5.80. The van der Waals surface area contributed by atoms with Crippen molar-refractivity contribution in [3.05, 3.63) is 34.9 Å². The van der Waals surface area contributed by atoms with Crippen LogP contribution in [0.25, 0.3) is 0 Å². The standard InChI is InChI=1S/C15H25ClN2/c1-12(13-7-5-8-14(16)11-13)18(4)10-6-9-15(2,3)17/h5,7-8,11-12H,6,9-10,17H2,1-4H3. The monoisotopic (exact) mass is 268 g/mol. The highest BCUT2D eigenvalue weighted by Crippen LogP contribution is 2.22. The minimum absolute atomic E-state index is 0.0693. The van der Waals surface area contributed by atoms with Gasteiger partial charge in [0.2, 0.25) is 0 Å². The molecule has 3 heteroatoms. The van der Waals surface area contributed by atoms with E-state index >= 15 is 0 Å². The van der Waals surface area contributed by atoms with Crippen molar-refractivity contribution in [1.29, 1.82) is 0 Å². The second-order valence-corrected chi connectivity index (χ2v) is 6.24. The molecule has 1 rings (SSSR count). The van der Waals surface area contributed by atoms with Crippen LogP contribution in [0.4, 0.5) is 0 Å². The van der Waals surface area contributed by atoms with E-state index in [2.05, 4.69) is 38.8 Å². The molecule has 2 nitrogen and oxygen atoms in total. The van der Waals surface area contributed by atoms with Gasteiger partial charge >= 0.3 is 0 Å². The van der Waals surface area contributed by atoms with Crippen molar-refractivity contribution in [2.24, 2.45) is 5.73 Å². The van der Waals surface area contributed by atoms with E-state index in [1.807, 2.05) is 18.2 Å². The molecule has 0 aromatic heterocycles. The van der Waals surface area contributed by atoms with Crippen LogP contribution >= 0.6 is 11.6 Å². The molecule has 0 aliphatic carbocycles. The largest absolute Gasteiger partial charge is 0.326 e. The molecule has 0 radical (unpaired) electrons. The van der Waals surface area contributed by atoms with Gasteiger partial charge in [-0.15, -0.1) is 0 Å². The molecule has 0 bridgehead atoms. The van der Waals surface area contributed by atoms with Gasteiger partial charge in [-0.2, -0.15) is 0 Å². The Morgan fingerprint density at radius 3 is 2.61 bits per heavy atom. The Hall–Kier alpha value is -0.570. The summed E-state index contributed by atoms with van der Waals surface area (Å²) in [5.41, 5.74) is 7.18. The summed E-state index contributed by atoms with van der Waals surface area (Å²) in [6, 6.07) is 8.46. The number of hydrogen-bond acceptors (Lipinski definition) is 2. The molecule has 0 spiro atoms. The van der Waals surface area contributed by atoms with Crippen LogP contribution in [0.5, 0.6) is 0 Å². The van der Waals surface area contributed by atoms with Gasteiger partial charge in [0.25, 0.3) is 0 Å². The Bertz CT molecular complexity index is 371. The van der Waals surface area contributed by atoms with E-state index in [1.165, 1.54) is 5.56 Å². The first-order chi connectivity index (χ1) is 8.29. The fourth-order valence-corrected chi connectivity index (χ4v) is 2.20. The fourth-order valence-electron chi connectivity index (χ4n) is 2.00. The van der Waals surface area contributed by atoms with Gasteiger partial charge in [0.15, 0.2) is 0 Å². The lowest BCUT2D eigenvalue weighted by Gasteiger charge is -2.27. The molecule has 1 aromatic rings. The summed E-state index contributed by atoms with van der Waals surface area (Å²) in [6.07, 6.45) is 2.16. The van der Waals surface area contributed by atoms with Crippen LogP contribution in [-0.4, -0.2) is 24.0 Å². The molecule has 102 valence electrons. The number of benzene rings is 1. The van der Waals surface area contributed by atoms with Gasteiger partial charge in [-0.05, 0) is 64.9 Å². The predicted molar refractivity (Wildman–Crippen MR) is 80.0 cm³/mol. The molecule has 1 atom stereocenters. The number of rotatable bonds is 6. The van der Waals surface area contributed by atoms with Gasteiger partial charge < -0.3 is 5.73 Å². The van der Waals surface area contributed by atoms with Crippen LogP contribution in [0, 0.1) is 0 Å². The van der Waals surface area contributed by atoms with E-state index in [1.54, 1.807) is 0 Å². The molecule has 1 aromatic carbocycles. The quantitative estimate of drug-likeness (QED) is 0.849. The van der Waals surface area contributed by atoms with Crippen LogP contribution in [0.2, 0.25) is 5.02 Å². The summed E-state index contributed by atoms with van der Waals surface area (Å²) >= 11 is 6.02. The van der Waals surface area contributed by atoms with E-state index in [4.69, 9.17) is 17.3 Å². The van der Waals surface area contributed by atoms with E-state index in [0.717, 1.165) is 24.4 Å². The van der Waals surface area contributed by atoms with Crippen LogP contribution in [0.1, 0.15) is 45.2 Å². The Morgan fingerprint density at radius 1 is 1.39 bits per heavy atom. The van der Waals surface area contributed by atoms with Gasteiger partial charge in [0.1, 0.15) is 0 Å². The molecule has 0 saturated heterocycles. The normalized spacial score (nSPS) is 13.9. The Labute approximate surface area is 116 Å². The maximum Gasteiger partial charge on any atom is 0.0409 e. The second kappa shape index (κ2) is 6.55. The Kier molecular flexibility index (Phi) is 5.64. The van der Waals surface area contributed by atoms with Crippen LogP contribution in [-0.2, 0) is 0 Å². The number of nitrogens with zero attached hydrogens (tertiary/aromatic N) is 1. The topological polar surface area (TPSA) is 29.3 Å². The summed E-state index contributed by atoms with van der Waals surface area (Å²) < 4.78 is 0. The zero-order valence-electron chi connectivity index (χ0n) is 11.9. The minimum atomic E-state index is -0.0693. The molecule has 18 heavy (non-hydrogen) atoms. The first kappa shape index (κ1) is 15.5. The predicted octanol–water partition coefficient (Wildman–Crippen LogP) is 3.85. The summed E-state index contributed by atoms with van der Waals surface area (Å²) in [5.74, 6) is 0. The van der Waals surface area contributed by atoms with Crippen LogP contribution in [0.3, 0.4) is 0 Å². The lowest BCUT2D eigenvalue weighted by atomic mass is 9.99. The highest BCUT2D eigenvalue weighted by Gasteiger charge is 2.14. The third kappa shape index (κ3) is 5.38. The molecule has 0 amide bonds. The Balaban J connectivity index is 2.49. The van der Waals surface area contributed by atoms with Crippen LogP contribution < -0.4 is 5.73 Å². The first-order valence-corrected chi connectivity index (χ1v) is 6.92. The fraction of sp³-hybridized carbons (Fsp3) is 0.600. The van der Waals surface area contributed by atoms with Crippen molar-refractivity contribution in [2.45, 2.75) is 45.2 Å². The maximum absolute atomic E-state index is 6.02. The van der Waals surface area contributed by atoms with Crippen LogP contribution in [0.15, 0.2) is 24.3 Å². The number of halogens is 1. The van der Waals surface area contributed by atoms with Gasteiger partial charge in [0.05, 0.1) is 0 Å². The summed E-state index contributed by atoms with van der Waals surface area (Å²) in [5, 5.41) is 0.802. The number of nitrogens with two attached hydrogens (primary N) is 1. The summed E-state index contributed by atoms with van der Waals surface area (Å²) in [7, 11) is 2.15. The molecule has 0 saturated carbocycles. The highest BCUT2D eigenvalue weighted by atomic mass is 35.5. The molecule has 1 unspecified atom stereocenters. The average molecular weight is 269 g/mol. The summed E-state index contributed by atoms with van der Waals surface area (Å²) in [6.45, 7) is 7.41. The molecule has 0 aliphatic rings.